The Hall–Kier alpha value is -3.59. The fourth-order valence-electron chi connectivity index (χ4n) is 5.86. The van der Waals surface area contributed by atoms with E-state index in [4.69, 9.17) is 14.2 Å². The molecule has 2 aliphatic rings. The van der Waals surface area contributed by atoms with E-state index < -0.39 is 0 Å². The van der Waals surface area contributed by atoms with Crippen LogP contribution in [0.4, 0.5) is 0 Å². The third kappa shape index (κ3) is 5.32. The van der Waals surface area contributed by atoms with E-state index in [1.54, 1.807) is 6.20 Å². The fraction of sp³-hybridized carbons (Fsp3) is 0.500. The number of fused-ring (bicyclic) bond motifs is 1. The smallest absolute Gasteiger partial charge is 0.259 e. The summed E-state index contributed by atoms with van der Waals surface area (Å²) >= 11 is 0. The van der Waals surface area contributed by atoms with Crippen LogP contribution in [0, 0.1) is 26.7 Å². The van der Waals surface area contributed by atoms with Crippen molar-refractivity contribution in [3.8, 4) is 0 Å². The van der Waals surface area contributed by atoms with E-state index in [9.17, 15) is 4.79 Å². The number of amides is 1. The van der Waals surface area contributed by atoms with Crippen molar-refractivity contribution < 1.29 is 14.1 Å². The van der Waals surface area contributed by atoms with Crippen molar-refractivity contribution >= 4 is 11.6 Å². The van der Waals surface area contributed by atoms with Gasteiger partial charge in [-0.05, 0) is 63.5 Å². The van der Waals surface area contributed by atoms with Gasteiger partial charge < -0.3 is 14.2 Å². The minimum atomic E-state index is 0.000582. The Balaban J connectivity index is 1.11. The van der Waals surface area contributed by atoms with Gasteiger partial charge in [-0.15, -0.1) is 0 Å². The molecular weight excluding hydrogens is 492 g/mol. The molecule has 0 atom stereocenters. The third-order valence-corrected chi connectivity index (χ3v) is 8.38. The van der Waals surface area contributed by atoms with Crippen LogP contribution in [-0.2, 0) is 17.6 Å². The zero-order valence-corrected chi connectivity index (χ0v) is 23.0. The minimum absolute atomic E-state index is 0.000582. The molecule has 0 spiro atoms. The first kappa shape index (κ1) is 25.7. The van der Waals surface area contributed by atoms with Crippen LogP contribution in [0.3, 0.4) is 0 Å². The molecule has 2 aliphatic heterocycles. The van der Waals surface area contributed by atoms with Gasteiger partial charge in [0.15, 0.2) is 11.5 Å². The molecule has 0 radical (unpaired) electrons. The average Bonchev–Trinajstić information content (AvgIpc) is 3.60. The largest absolute Gasteiger partial charge is 0.381 e. The fourth-order valence-corrected chi connectivity index (χ4v) is 5.86. The Kier molecular flexibility index (Phi) is 7.16. The van der Waals surface area contributed by atoms with Gasteiger partial charge in [0.05, 0.1) is 6.20 Å². The molecule has 4 aromatic rings. The number of benzene rings is 1. The molecule has 6 rings (SSSR count). The van der Waals surface area contributed by atoms with Crippen LogP contribution in [0.15, 0.2) is 35.0 Å². The Labute approximate surface area is 228 Å². The topological polar surface area (TPSA) is 98.7 Å². The van der Waals surface area contributed by atoms with Gasteiger partial charge in [-0.3, -0.25) is 4.79 Å². The molecule has 0 N–H and O–H groups in total. The van der Waals surface area contributed by atoms with Gasteiger partial charge in [-0.25, -0.2) is 9.50 Å². The molecule has 1 aromatic carbocycles. The number of hydrogen-bond acceptors (Lipinski definition) is 7. The SMILES string of the molecule is Cc1ccc(Cc2c(C)nc3c(C(=O)N4CCC(Cc5nc(C6CCOCC6)no5)CC4)cnn3c2C)cc1. The summed E-state index contributed by atoms with van der Waals surface area (Å²) in [6, 6.07) is 8.58. The Morgan fingerprint density at radius 3 is 2.49 bits per heavy atom. The molecule has 2 fully saturated rings. The Morgan fingerprint density at radius 1 is 1.00 bits per heavy atom. The molecule has 0 aliphatic carbocycles. The van der Waals surface area contributed by atoms with Crippen molar-refractivity contribution in [3.05, 3.63) is 75.8 Å². The summed E-state index contributed by atoms with van der Waals surface area (Å²) in [6.45, 7) is 9.10. The molecule has 0 saturated carbocycles. The average molecular weight is 529 g/mol. The van der Waals surface area contributed by atoms with Crippen molar-refractivity contribution in [3.63, 3.8) is 0 Å². The van der Waals surface area contributed by atoms with Crippen molar-refractivity contribution in [2.24, 2.45) is 5.92 Å². The van der Waals surface area contributed by atoms with Gasteiger partial charge in [0.25, 0.3) is 5.91 Å². The van der Waals surface area contributed by atoms with E-state index in [0.29, 0.717) is 42.0 Å². The van der Waals surface area contributed by atoms with E-state index >= 15 is 0 Å². The van der Waals surface area contributed by atoms with E-state index in [-0.39, 0.29) is 5.91 Å². The third-order valence-electron chi connectivity index (χ3n) is 8.38. The van der Waals surface area contributed by atoms with Crippen LogP contribution < -0.4 is 0 Å². The summed E-state index contributed by atoms with van der Waals surface area (Å²) in [5.74, 6) is 2.28. The standard InChI is InChI=1S/C30H36N6O3/c1-19-4-6-22(7-5-19)16-25-20(2)32-29-26(18-31-36(29)21(25)3)30(37)35-12-8-23(9-13-35)17-27-33-28(34-39-27)24-10-14-38-15-11-24/h4-7,18,23-24H,8-17H2,1-3H3. The number of rotatable bonds is 6. The number of carbonyl (C=O) groups is 1. The highest BCUT2D eigenvalue weighted by atomic mass is 16.5. The molecule has 0 unspecified atom stereocenters. The van der Waals surface area contributed by atoms with Crippen molar-refractivity contribution in [1.29, 1.82) is 0 Å². The highest BCUT2D eigenvalue weighted by molar-refractivity contribution is 5.99. The van der Waals surface area contributed by atoms with Gasteiger partial charge in [0.1, 0.15) is 5.56 Å². The number of aromatic nitrogens is 5. The maximum Gasteiger partial charge on any atom is 0.259 e. The first-order chi connectivity index (χ1) is 19.0. The lowest BCUT2D eigenvalue weighted by Gasteiger charge is -2.31. The van der Waals surface area contributed by atoms with Crippen molar-refractivity contribution in [1.82, 2.24) is 29.6 Å². The first-order valence-corrected chi connectivity index (χ1v) is 14.0. The van der Waals surface area contributed by atoms with Gasteiger partial charge in [-0.2, -0.15) is 10.1 Å². The highest BCUT2D eigenvalue weighted by Crippen LogP contribution is 2.27. The molecule has 3 aromatic heterocycles. The summed E-state index contributed by atoms with van der Waals surface area (Å²) in [7, 11) is 0. The van der Waals surface area contributed by atoms with Gasteiger partial charge >= 0.3 is 0 Å². The van der Waals surface area contributed by atoms with Crippen LogP contribution in [0.1, 0.15) is 81.8 Å². The quantitative estimate of drug-likeness (QED) is 0.360. The van der Waals surface area contributed by atoms with Gasteiger partial charge in [0, 0.05) is 56.5 Å². The molecule has 0 bridgehead atoms. The highest BCUT2D eigenvalue weighted by Gasteiger charge is 2.29. The molecule has 2 saturated heterocycles. The van der Waals surface area contributed by atoms with E-state index in [1.807, 2.05) is 16.3 Å². The molecule has 204 valence electrons. The second-order valence-corrected chi connectivity index (χ2v) is 11.1. The summed E-state index contributed by atoms with van der Waals surface area (Å²) < 4.78 is 12.8. The lowest BCUT2D eigenvalue weighted by molar-refractivity contribution is 0.0689. The van der Waals surface area contributed by atoms with Crippen LogP contribution in [-0.4, -0.2) is 61.8 Å². The maximum atomic E-state index is 13.5. The first-order valence-electron chi connectivity index (χ1n) is 14.0. The van der Waals surface area contributed by atoms with Crippen LogP contribution in [0.25, 0.3) is 5.65 Å². The van der Waals surface area contributed by atoms with E-state index in [1.165, 1.54) is 11.1 Å². The Morgan fingerprint density at radius 2 is 1.74 bits per heavy atom. The zero-order valence-electron chi connectivity index (χ0n) is 23.0. The molecule has 9 heteroatoms. The van der Waals surface area contributed by atoms with Crippen molar-refractivity contribution in [2.45, 2.75) is 65.2 Å². The molecule has 9 nitrogen and oxygen atoms in total. The minimum Gasteiger partial charge on any atom is -0.381 e. The number of nitrogens with zero attached hydrogens (tertiary/aromatic N) is 6. The maximum absolute atomic E-state index is 13.5. The Bertz CT molecular complexity index is 1460. The number of likely N-dealkylation sites (tertiary alicyclic amines) is 1. The predicted molar refractivity (Wildman–Crippen MR) is 146 cm³/mol. The predicted octanol–water partition coefficient (Wildman–Crippen LogP) is 4.62. The van der Waals surface area contributed by atoms with Gasteiger partial charge in [0.2, 0.25) is 5.89 Å². The number of carbonyl (C=O) groups excluding carboxylic acids is 1. The number of hydrogen-bond donors (Lipinski definition) is 0. The van der Waals surface area contributed by atoms with Crippen LogP contribution >= 0.6 is 0 Å². The summed E-state index contributed by atoms with van der Waals surface area (Å²) in [5, 5.41) is 8.81. The molecule has 5 heterocycles. The number of piperidine rings is 1. The normalized spacial score (nSPS) is 17.3. The summed E-state index contributed by atoms with van der Waals surface area (Å²) in [5.41, 5.74) is 6.80. The summed E-state index contributed by atoms with van der Waals surface area (Å²) in [4.78, 5) is 25.0. The monoisotopic (exact) mass is 528 g/mol. The second-order valence-electron chi connectivity index (χ2n) is 11.1. The zero-order chi connectivity index (χ0) is 26.9. The van der Waals surface area contributed by atoms with Gasteiger partial charge in [-0.1, -0.05) is 35.0 Å². The lowest BCUT2D eigenvalue weighted by Crippen LogP contribution is -2.39. The summed E-state index contributed by atoms with van der Waals surface area (Å²) in [6.07, 6.45) is 6.94. The number of aryl methyl sites for hydroxylation is 3. The molecular formula is C30H36N6O3. The van der Waals surface area contributed by atoms with Crippen LogP contribution in [0.5, 0.6) is 0 Å². The van der Waals surface area contributed by atoms with E-state index in [2.05, 4.69) is 53.4 Å². The van der Waals surface area contributed by atoms with E-state index in [0.717, 1.165) is 74.5 Å². The van der Waals surface area contributed by atoms with Crippen LogP contribution in [0.2, 0.25) is 0 Å². The van der Waals surface area contributed by atoms with Crippen molar-refractivity contribution in [2.75, 3.05) is 26.3 Å². The molecule has 39 heavy (non-hydrogen) atoms. The number of ether oxygens (including phenoxy) is 1. The molecule has 1 amide bonds. The second kappa shape index (κ2) is 10.9. The lowest BCUT2D eigenvalue weighted by atomic mass is 9.93.